The lowest BCUT2D eigenvalue weighted by Gasteiger charge is -2.20. The third-order valence-corrected chi connectivity index (χ3v) is 4.67. The average molecular weight is 404 g/mol. The number of likely N-dealkylation sites (N-methyl/N-ethyl adjacent to an activating group) is 1. The minimum atomic E-state index is -4.56. The van der Waals surface area contributed by atoms with Gasteiger partial charge in [-0.2, -0.15) is 18.3 Å². The number of aromatic amines is 1. The van der Waals surface area contributed by atoms with Gasteiger partial charge in [0.15, 0.2) is 5.69 Å². The van der Waals surface area contributed by atoms with E-state index in [1.807, 2.05) is 0 Å². The lowest BCUT2D eigenvalue weighted by molar-refractivity contribution is -0.137. The summed E-state index contributed by atoms with van der Waals surface area (Å²) in [5.41, 5.74) is -0.307. The van der Waals surface area contributed by atoms with E-state index >= 15 is 0 Å². The SMILES string of the molecule is CN1C(=O)C(NC(=O)c2n[nH]c3ccc(C(F)(F)F)cc23)COc2ccccc21. The molecule has 0 radical (unpaired) electrons. The molecule has 1 aliphatic rings. The molecule has 150 valence electrons. The van der Waals surface area contributed by atoms with Crippen LogP contribution < -0.4 is 15.0 Å². The monoisotopic (exact) mass is 404 g/mol. The molecule has 1 atom stereocenters. The number of nitrogens with zero attached hydrogens (tertiary/aromatic N) is 2. The first kappa shape index (κ1) is 18.8. The number of ether oxygens (including phenoxy) is 1. The number of fused-ring (bicyclic) bond motifs is 2. The highest BCUT2D eigenvalue weighted by molar-refractivity contribution is 6.08. The van der Waals surface area contributed by atoms with Gasteiger partial charge in [-0.1, -0.05) is 12.1 Å². The maximum atomic E-state index is 13.0. The molecule has 10 heteroatoms. The van der Waals surface area contributed by atoms with Crippen LogP contribution in [0.4, 0.5) is 18.9 Å². The van der Waals surface area contributed by atoms with Crippen molar-refractivity contribution in [1.82, 2.24) is 15.5 Å². The third-order valence-electron chi connectivity index (χ3n) is 4.67. The van der Waals surface area contributed by atoms with Gasteiger partial charge in [-0.3, -0.25) is 14.7 Å². The fraction of sp³-hybridized carbons (Fsp3) is 0.211. The average Bonchev–Trinajstić information content (AvgIpc) is 3.08. The molecule has 0 bridgehead atoms. The zero-order valence-electron chi connectivity index (χ0n) is 15.1. The maximum Gasteiger partial charge on any atom is 0.416 e. The molecule has 2 N–H and O–H groups in total. The van der Waals surface area contributed by atoms with Crippen molar-refractivity contribution in [3.63, 3.8) is 0 Å². The van der Waals surface area contributed by atoms with Gasteiger partial charge >= 0.3 is 6.18 Å². The van der Waals surface area contributed by atoms with E-state index in [-0.39, 0.29) is 23.2 Å². The van der Waals surface area contributed by atoms with E-state index in [1.165, 1.54) is 11.0 Å². The molecule has 0 saturated carbocycles. The van der Waals surface area contributed by atoms with Crippen LogP contribution in [0.25, 0.3) is 10.9 Å². The molecule has 0 fully saturated rings. The quantitative estimate of drug-likeness (QED) is 0.688. The number of alkyl halides is 3. The van der Waals surface area contributed by atoms with E-state index in [0.717, 1.165) is 12.1 Å². The number of carbonyl (C=O) groups excluding carboxylic acids is 2. The summed E-state index contributed by atoms with van der Waals surface area (Å²) in [6.07, 6.45) is -4.56. The van der Waals surface area contributed by atoms with E-state index in [4.69, 9.17) is 4.74 Å². The van der Waals surface area contributed by atoms with Crippen molar-refractivity contribution in [2.75, 3.05) is 18.6 Å². The van der Waals surface area contributed by atoms with Crippen LogP contribution in [0.2, 0.25) is 0 Å². The van der Waals surface area contributed by atoms with Gasteiger partial charge in [-0.05, 0) is 30.3 Å². The number of para-hydroxylation sites is 2. The van der Waals surface area contributed by atoms with E-state index in [9.17, 15) is 22.8 Å². The largest absolute Gasteiger partial charge is 0.489 e. The molecule has 2 amide bonds. The van der Waals surface area contributed by atoms with Gasteiger partial charge in [0.25, 0.3) is 11.8 Å². The first-order valence-corrected chi connectivity index (χ1v) is 8.61. The summed E-state index contributed by atoms with van der Waals surface area (Å²) in [7, 11) is 1.55. The summed E-state index contributed by atoms with van der Waals surface area (Å²) < 4.78 is 44.6. The van der Waals surface area contributed by atoms with Gasteiger partial charge in [0.1, 0.15) is 18.4 Å². The highest BCUT2D eigenvalue weighted by Gasteiger charge is 2.33. The summed E-state index contributed by atoms with van der Waals surface area (Å²) in [5, 5.41) is 8.87. The zero-order valence-corrected chi connectivity index (χ0v) is 15.1. The van der Waals surface area contributed by atoms with Crippen molar-refractivity contribution >= 4 is 28.4 Å². The second-order valence-electron chi connectivity index (χ2n) is 6.53. The van der Waals surface area contributed by atoms with Gasteiger partial charge in [0.2, 0.25) is 0 Å². The van der Waals surface area contributed by atoms with E-state index in [2.05, 4.69) is 15.5 Å². The summed E-state index contributed by atoms with van der Waals surface area (Å²) >= 11 is 0. The third kappa shape index (κ3) is 3.37. The number of nitrogens with one attached hydrogen (secondary N) is 2. The Morgan fingerprint density at radius 2 is 2.03 bits per heavy atom. The Morgan fingerprint density at radius 1 is 1.28 bits per heavy atom. The van der Waals surface area contributed by atoms with E-state index in [0.29, 0.717) is 11.4 Å². The topological polar surface area (TPSA) is 87.3 Å². The Kier molecular flexibility index (Phi) is 4.40. The summed E-state index contributed by atoms with van der Waals surface area (Å²) in [4.78, 5) is 26.8. The number of rotatable bonds is 2. The van der Waals surface area contributed by atoms with Crippen molar-refractivity contribution in [1.29, 1.82) is 0 Å². The second kappa shape index (κ2) is 6.80. The highest BCUT2D eigenvalue weighted by atomic mass is 19.4. The van der Waals surface area contributed by atoms with Crippen molar-refractivity contribution < 1.29 is 27.5 Å². The van der Waals surface area contributed by atoms with Gasteiger partial charge < -0.3 is 15.0 Å². The molecule has 1 aliphatic heterocycles. The highest BCUT2D eigenvalue weighted by Crippen LogP contribution is 2.32. The van der Waals surface area contributed by atoms with Crippen LogP contribution in [-0.2, 0) is 11.0 Å². The number of aromatic nitrogens is 2. The number of hydrogen-bond acceptors (Lipinski definition) is 4. The molecular formula is C19H15F3N4O3. The zero-order chi connectivity index (χ0) is 20.8. The molecule has 0 aliphatic carbocycles. The predicted octanol–water partition coefficient (Wildman–Crippen LogP) is 2.74. The Balaban J connectivity index is 1.61. The summed E-state index contributed by atoms with van der Waals surface area (Å²) in [6.45, 7) is -0.123. The smallest absolute Gasteiger partial charge is 0.416 e. The predicted molar refractivity (Wildman–Crippen MR) is 97.7 cm³/mol. The Morgan fingerprint density at radius 3 is 2.79 bits per heavy atom. The lowest BCUT2D eigenvalue weighted by Crippen LogP contribution is -2.49. The molecule has 1 aromatic heterocycles. The van der Waals surface area contributed by atoms with Crippen molar-refractivity contribution in [3.8, 4) is 5.75 Å². The second-order valence-corrected chi connectivity index (χ2v) is 6.53. The number of hydrogen-bond donors (Lipinski definition) is 2. The first-order chi connectivity index (χ1) is 13.8. The van der Waals surface area contributed by atoms with Crippen LogP contribution >= 0.6 is 0 Å². The van der Waals surface area contributed by atoms with E-state index < -0.39 is 29.6 Å². The molecule has 0 saturated heterocycles. The van der Waals surface area contributed by atoms with Crippen LogP contribution in [0.15, 0.2) is 42.5 Å². The normalized spacial score (nSPS) is 16.9. The number of carbonyl (C=O) groups is 2. The maximum absolute atomic E-state index is 13.0. The van der Waals surface area contributed by atoms with Gasteiger partial charge in [0.05, 0.1) is 16.8 Å². The van der Waals surface area contributed by atoms with Crippen LogP contribution in [0, 0.1) is 0 Å². The molecule has 1 unspecified atom stereocenters. The molecule has 2 heterocycles. The molecule has 29 heavy (non-hydrogen) atoms. The minimum absolute atomic E-state index is 0.0101. The van der Waals surface area contributed by atoms with Crippen molar-refractivity contribution in [2.45, 2.75) is 12.2 Å². The summed E-state index contributed by atoms with van der Waals surface area (Å²) in [5.74, 6) is -0.712. The van der Waals surface area contributed by atoms with Crippen molar-refractivity contribution in [3.05, 3.63) is 53.7 Å². The number of H-pyrrole nitrogens is 1. The van der Waals surface area contributed by atoms with E-state index in [1.54, 1.807) is 31.3 Å². The Labute approximate surface area is 162 Å². The fourth-order valence-electron chi connectivity index (χ4n) is 3.15. The summed E-state index contributed by atoms with van der Waals surface area (Å²) in [6, 6.07) is 8.83. The fourth-order valence-corrected chi connectivity index (χ4v) is 3.15. The van der Waals surface area contributed by atoms with Gasteiger partial charge in [0, 0.05) is 12.4 Å². The van der Waals surface area contributed by atoms with Crippen LogP contribution in [0.3, 0.4) is 0 Å². The standard InChI is InChI=1S/C19H15F3N4O3/c1-26-14-4-2-3-5-15(14)29-9-13(18(26)28)23-17(27)16-11-8-10(19(20,21)22)6-7-12(11)24-25-16/h2-8,13H,9H2,1H3,(H,23,27)(H,24,25). The molecule has 2 aromatic carbocycles. The first-order valence-electron chi connectivity index (χ1n) is 8.61. The number of halogens is 3. The number of anilines is 1. The molecule has 4 rings (SSSR count). The van der Waals surface area contributed by atoms with Crippen LogP contribution in [0.5, 0.6) is 5.75 Å². The molecular weight excluding hydrogens is 389 g/mol. The Hall–Kier alpha value is -3.56. The molecule has 7 nitrogen and oxygen atoms in total. The van der Waals surface area contributed by atoms with Crippen LogP contribution in [-0.4, -0.2) is 41.7 Å². The van der Waals surface area contributed by atoms with Gasteiger partial charge in [-0.25, -0.2) is 0 Å². The Bertz CT molecular complexity index is 1110. The molecule has 0 spiro atoms. The van der Waals surface area contributed by atoms with Crippen LogP contribution in [0.1, 0.15) is 16.1 Å². The number of benzene rings is 2. The van der Waals surface area contributed by atoms with Crippen molar-refractivity contribution in [2.24, 2.45) is 0 Å². The molecule has 3 aromatic rings. The number of amides is 2. The van der Waals surface area contributed by atoms with Gasteiger partial charge in [-0.15, -0.1) is 0 Å². The lowest BCUT2D eigenvalue weighted by atomic mass is 10.1. The minimum Gasteiger partial charge on any atom is -0.489 e.